The molecule has 0 unspecified atom stereocenters. The second kappa shape index (κ2) is 7.66. The van der Waals surface area contributed by atoms with Gasteiger partial charge in [0.1, 0.15) is 11.6 Å². The minimum Gasteiger partial charge on any atom is -0.508 e. The molecule has 0 bridgehead atoms. The molecule has 2 N–H and O–H groups in total. The molecule has 0 amide bonds. The number of phenols is 1. The van der Waals surface area contributed by atoms with Gasteiger partial charge in [-0.15, -0.1) is 0 Å². The van der Waals surface area contributed by atoms with Crippen LogP contribution in [-0.2, 0) is 6.42 Å². The molecule has 1 aromatic heterocycles. The molecule has 0 aliphatic carbocycles. The number of benzene rings is 1. The minimum atomic E-state index is 0.257. The van der Waals surface area contributed by atoms with Gasteiger partial charge >= 0.3 is 0 Å². The van der Waals surface area contributed by atoms with Crippen LogP contribution in [0.15, 0.2) is 65.6 Å². The van der Waals surface area contributed by atoms with Crippen molar-refractivity contribution in [3.8, 4) is 16.9 Å². The topological polar surface area (TPSA) is 60.8 Å². The highest BCUT2D eigenvalue weighted by Crippen LogP contribution is 2.26. The summed E-state index contributed by atoms with van der Waals surface area (Å²) in [6.45, 7) is 2.96. The summed E-state index contributed by atoms with van der Waals surface area (Å²) in [6, 6.07) is 9.31. The first-order valence-electron chi connectivity index (χ1n) is 8.31. The number of aromatic hydroxyl groups is 1. The molecule has 0 spiro atoms. The number of aromatic nitrogens is 1. The van der Waals surface area contributed by atoms with Crippen molar-refractivity contribution in [3.05, 3.63) is 66.1 Å². The molecule has 1 aromatic carbocycles. The molecule has 3 rings (SSSR count). The lowest BCUT2D eigenvalue weighted by Gasteiger charge is -2.14. The summed E-state index contributed by atoms with van der Waals surface area (Å²) in [6.07, 6.45) is 10.4. The zero-order valence-electron chi connectivity index (χ0n) is 14.5. The van der Waals surface area contributed by atoms with E-state index in [0.29, 0.717) is 0 Å². The van der Waals surface area contributed by atoms with Gasteiger partial charge in [-0.25, -0.2) is 9.98 Å². The fourth-order valence-electron chi connectivity index (χ4n) is 2.57. The predicted molar refractivity (Wildman–Crippen MR) is 103 cm³/mol. The van der Waals surface area contributed by atoms with Crippen molar-refractivity contribution in [2.24, 2.45) is 4.99 Å². The largest absolute Gasteiger partial charge is 0.508 e. The van der Waals surface area contributed by atoms with E-state index in [9.17, 15) is 5.11 Å². The number of likely N-dealkylation sites (N-methyl/N-ethyl adjacent to an activating group) is 1. The van der Waals surface area contributed by atoms with E-state index in [1.807, 2.05) is 48.9 Å². The highest BCUT2D eigenvalue weighted by atomic mass is 16.3. The fraction of sp³-hybridized carbons (Fsp3) is 0.200. The third-order valence-electron chi connectivity index (χ3n) is 3.99. The smallest absolute Gasteiger partial charge is 0.133 e. The Kier molecular flexibility index (Phi) is 5.14. The third kappa shape index (κ3) is 4.26. The molecule has 1 aliphatic heterocycles. The number of nitrogens with zero attached hydrogens (tertiary/aromatic N) is 3. The van der Waals surface area contributed by atoms with Crippen LogP contribution in [0.25, 0.3) is 11.1 Å². The Balaban J connectivity index is 1.75. The van der Waals surface area contributed by atoms with Crippen LogP contribution < -0.4 is 5.32 Å². The second-order valence-electron chi connectivity index (χ2n) is 5.93. The lowest BCUT2D eigenvalue weighted by molar-refractivity contribution is 0.475. The lowest BCUT2D eigenvalue weighted by Crippen LogP contribution is -2.18. The predicted octanol–water partition coefficient (Wildman–Crippen LogP) is 3.80. The highest BCUT2D eigenvalue weighted by Gasteiger charge is 2.06. The average molecular weight is 334 g/mol. The number of rotatable bonds is 5. The summed E-state index contributed by atoms with van der Waals surface area (Å²) in [5.74, 6) is 1.09. The zero-order chi connectivity index (χ0) is 17.6. The van der Waals surface area contributed by atoms with E-state index in [2.05, 4.69) is 34.4 Å². The van der Waals surface area contributed by atoms with E-state index < -0.39 is 0 Å². The average Bonchev–Trinajstić information content (AvgIpc) is 2.63. The second-order valence-corrected chi connectivity index (χ2v) is 5.93. The van der Waals surface area contributed by atoms with E-state index >= 15 is 0 Å². The van der Waals surface area contributed by atoms with Gasteiger partial charge in [-0.1, -0.05) is 19.1 Å². The standard InChI is InChI=1S/C20H22N4O/c1-3-15-11-17(16-5-4-6-19(25)12-16)13-22-20(15)21-9-7-18-8-10-24(2)14-23-18/h4-9,11-14,25H,3,10H2,1-2H3,(H,21,22)/b9-7+. The summed E-state index contributed by atoms with van der Waals surface area (Å²) in [7, 11) is 1.99. The molecule has 0 radical (unpaired) electrons. The summed E-state index contributed by atoms with van der Waals surface area (Å²) >= 11 is 0. The lowest BCUT2D eigenvalue weighted by atomic mass is 10.0. The maximum atomic E-state index is 9.65. The van der Waals surface area contributed by atoms with Crippen molar-refractivity contribution in [1.82, 2.24) is 9.88 Å². The van der Waals surface area contributed by atoms with Crippen molar-refractivity contribution in [3.63, 3.8) is 0 Å². The molecule has 0 atom stereocenters. The van der Waals surface area contributed by atoms with Crippen LogP contribution in [0, 0.1) is 0 Å². The molecule has 5 nitrogen and oxygen atoms in total. The quantitative estimate of drug-likeness (QED) is 0.873. The van der Waals surface area contributed by atoms with Gasteiger partial charge in [0.05, 0.1) is 12.0 Å². The molecule has 2 heterocycles. The Morgan fingerprint density at radius 3 is 2.88 bits per heavy atom. The molecule has 1 aliphatic rings. The molecule has 25 heavy (non-hydrogen) atoms. The van der Waals surface area contributed by atoms with Crippen LogP contribution in [0.1, 0.15) is 12.5 Å². The summed E-state index contributed by atoms with van der Waals surface area (Å²) in [4.78, 5) is 10.9. The van der Waals surface area contributed by atoms with Crippen molar-refractivity contribution in [1.29, 1.82) is 0 Å². The number of anilines is 1. The van der Waals surface area contributed by atoms with Gasteiger partial charge in [0, 0.05) is 31.6 Å². The van der Waals surface area contributed by atoms with E-state index in [4.69, 9.17) is 0 Å². The maximum absolute atomic E-state index is 9.65. The van der Waals surface area contributed by atoms with E-state index in [-0.39, 0.29) is 5.75 Å². The number of hydrogen-bond donors (Lipinski definition) is 2. The van der Waals surface area contributed by atoms with Crippen molar-refractivity contribution < 1.29 is 5.11 Å². The van der Waals surface area contributed by atoms with Gasteiger partial charge in [0.25, 0.3) is 0 Å². The number of allylic oxidation sites excluding steroid dienone is 1. The van der Waals surface area contributed by atoms with Crippen LogP contribution in [0.4, 0.5) is 5.82 Å². The summed E-state index contributed by atoms with van der Waals surface area (Å²) in [5.41, 5.74) is 3.99. The molecule has 128 valence electrons. The number of nitrogens with one attached hydrogen (secondary N) is 1. The molecule has 0 saturated heterocycles. The molecule has 0 saturated carbocycles. The van der Waals surface area contributed by atoms with Gasteiger partial charge in [-0.2, -0.15) is 0 Å². The summed E-state index contributed by atoms with van der Waals surface area (Å²) < 4.78 is 0. The normalized spacial score (nSPS) is 14.0. The fourth-order valence-corrected chi connectivity index (χ4v) is 2.57. The Bertz CT molecular complexity index is 839. The Labute approximate surface area is 148 Å². The Morgan fingerprint density at radius 2 is 2.16 bits per heavy atom. The van der Waals surface area contributed by atoms with Crippen molar-refractivity contribution in [2.75, 3.05) is 18.9 Å². The van der Waals surface area contributed by atoms with Crippen LogP contribution in [0.3, 0.4) is 0 Å². The molecule has 5 heteroatoms. The van der Waals surface area contributed by atoms with Crippen molar-refractivity contribution in [2.45, 2.75) is 13.3 Å². The van der Waals surface area contributed by atoms with Gasteiger partial charge in [-0.05, 0) is 47.9 Å². The van der Waals surface area contributed by atoms with Crippen molar-refractivity contribution >= 4 is 12.2 Å². The van der Waals surface area contributed by atoms with E-state index in [0.717, 1.165) is 41.2 Å². The molecular weight excluding hydrogens is 312 g/mol. The van der Waals surface area contributed by atoms with E-state index in [1.165, 1.54) is 0 Å². The monoisotopic (exact) mass is 334 g/mol. The zero-order valence-corrected chi connectivity index (χ0v) is 14.5. The first-order chi connectivity index (χ1) is 12.2. The Morgan fingerprint density at radius 1 is 1.28 bits per heavy atom. The van der Waals surface area contributed by atoms with Crippen LogP contribution in [-0.4, -0.2) is 34.9 Å². The van der Waals surface area contributed by atoms with Crippen LogP contribution in [0.2, 0.25) is 0 Å². The van der Waals surface area contributed by atoms with Gasteiger partial charge in [0.15, 0.2) is 0 Å². The van der Waals surface area contributed by atoms with Crippen LogP contribution in [0.5, 0.6) is 5.75 Å². The number of pyridine rings is 1. The Hall–Kier alpha value is -3.08. The molecule has 0 fully saturated rings. The summed E-state index contributed by atoms with van der Waals surface area (Å²) in [5, 5.41) is 12.9. The van der Waals surface area contributed by atoms with Gasteiger partial charge in [-0.3, -0.25) is 0 Å². The number of aliphatic imine (C=N–C) groups is 1. The first-order valence-corrected chi connectivity index (χ1v) is 8.31. The number of aryl methyl sites for hydroxylation is 1. The third-order valence-corrected chi connectivity index (χ3v) is 3.99. The molecule has 2 aromatic rings. The minimum absolute atomic E-state index is 0.257. The van der Waals surface area contributed by atoms with Gasteiger partial charge in [0.2, 0.25) is 0 Å². The SMILES string of the molecule is CCc1cc(-c2cccc(O)c2)cnc1N/C=C/C1=CCN(C)C=N1. The number of hydrogen-bond acceptors (Lipinski definition) is 5. The maximum Gasteiger partial charge on any atom is 0.133 e. The van der Waals surface area contributed by atoms with Gasteiger partial charge < -0.3 is 15.3 Å². The highest BCUT2D eigenvalue weighted by molar-refractivity contribution is 5.67. The van der Waals surface area contributed by atoms with Crippen LogP contribution >= 0.6 is 0 Å². The number of phenolic OH excluding ortho intramolecular Hbond substituents is 1. The van der Waals surface area contributed by atoms with E-state index in [1.54, 1.807) is 12.1 Å². The first kappa shape index (κ1) is 16.8. The molecular formula is C20H22N4O.